The fourth-order valence-electron chi connectivity index (χ4n) is 6.25. The second-order valence-corrected chi connectivity index (χ2v) is 14.8. The second-order valence-electron chi connectivity index (χ2n) is 12.5. The zero-order valence-electron chi connectivity index (χ0n) is 28.7. The number of carbonyl (C=O) groups excluding carboxylic acids is 2. The van der Waals surface area contributed by atoms with E-state index in [2.05, 4.69) is 5.32 Å². The van der Waals surface area contributed by atoms with E-state index in [4.69, 9.17) is 21.1 Å². The van der Waals surface area contributed by atoms with Crippen molar-refractivity contribution >= 4 is 39.1 Å². The smallest absolute Gasteiger partial charge is 0.264 e. The lowest BCUT2D eigenvalue weighted by molar-refractivity contribution is -0.140. The van der Waals surface area contributed by atoms with E-state index in [-0.39, 0.29) is 35.6 Å². The number of sulfonamides is 1. The third-order valence-electron chi connectivity index (χ3n) is 9.06. The average Bonchev–Trinajstić information content (AvgIpc) is 3.13. The van der Waals surface area contributed by atoms with Crippen LogP contribution in [0.3, 0.4) is 0 Å². The number of halogens is 1. The minimum absolute atomic E-state index is 0.00118. The number of carbonyl (C=O) groups is 2. The molecule has 0 aromatic heterocycles. The van der Waals surface area contributed by atoms with Crippen molar-refractivity contribution in [1.29, 1.82) is 0 Å². The molecule has 0 spiro atoms. The highest BCUT2D eigenvalue weighted by Gasteiger charge is 2.36. The Morgan fingerprint density at radius 2 is 1.52 bits per heavy atom. The predicted octanol–water partition coefficient (Wildman–Crippen LogP) is 6.95. The molecular weight excluding hydrogens is 674 g/mol. The van der Waals surface area contributed by atoms with Gasteiger partial charge in [0.2, 0.25) is 11.8 Å². The molecule has 1 aliphatic carbocycles. The first-order valence-corrected chi connectivity index (χ1v) is 18.6. The maximum absolute atomic E-state index is 14.8. The second kappa shape index (κ2) is 16.9. The Morgan fingerprint density at radius 3 is 2.18 bits per heavy atom. The first-order chi connectivity index (χ1) is 24.1. The topological polar surface area (TPSA) is 105 Å². The van der Waals surface area contributed by atoms with Crippen molar-refractivity contribution in [2.24, 2.45) is 0 Å². The molecule has 0 heterocycles. The third kappa shape index (κ3) is 8.97. The van der Waals surface area contributed by atoms with Crippen molar-refractivity contribution in [1.82, 2.24) is 10.2 Å². The predicted molar refractivity (Wildman–Crippen MR) is 196 cm³/mol. The van der Waals surface area contributed by atoms with Crippen LogP contribution in [0.25, 0.3) is 0 Å². The van der Waals surface area contributed by atoms with Crippen molar-refractivity contribution in [3.05, 3.63) is 119 Å². The van der Waals surface area contributed by atoms with Crippen LogP contribution < -0.4 is 19.1 Å². The SMILES string of the molecule is COc1ccc(S(=O)(=O)N(CC(=O)N(Cc2ccccc2Cl)C(Cc2ccccc2)C(=O)NC2CCCCC2)c2ccc(C)cc2)cc1OC. The normalized spacial score (nSPS) is 14.0. The largest absolute Gasteiger partial charge is 0.493 e. The Bertz CT molecular complexity index is 1860. The van der Waals surface area contributed by atoms with Crippen LogP contribution in [-0.2, 0) is 32.6 Å². The summed E-state index contributed by atoms with van der Waals surface area (Å²) >= 11 is 6.63. The number of aryl methyl sites for hydroxylation is 1. The molecule has 1 atom stereocenters. The molecule has 9 nitrogen and oxygen atoms in total. The van der Waals surface area contributed by atoms with Crippen molar-refractivity contribution < 1.29 is 27.5 Å². The first-order valence-electron chi connectivity index (χ1n) is 16.8. The van der Waals surface area contributed by atoms with Gasteiger partial charge in [-0.05, 0) is 61.2 Å². The number of benzene rings is 4. The molecule has 1 N–H and O–H groups in total. The van der Waals surface area contributed by atoms with E-state index in [1.165, 1.54) is 37.3 Å². The zero-order valence-corrected chi connectivity index (χ0v) is 30.3. The molecule has 50 heavy (non-hydrogen) atoms. The molecule has 1 unspecified atom stereocenters. The van der Waals surface area contributed by atoms with Gasteiger partial charge in [-0.2, -0.15) is 0 Å². The Morgan fingerprint density at radius 1 is 0.860 bits per heavy atom. The quantitative estimate of drug-likeness (QED) is 0.151. The first kappa shape index (κ1) is 36.7. The molecule has 11 heteroatoms. The van der Waals surface area contributed by atoms with Gasteiger partial charge in [-0.15, -0.1) is 0 Å². The highest BCUT2D eigenvalue weighted by Crippen LogP contribution is 2.33. The number of hydrogen-bond acceptors (Lipinski definition) is 6. The number of ether oxygens (including phenoxy) is 2. The molecule has 5 rings (SSSR count). The van der Waals surface area contributed by atoms with Gasteiger partial charge in [0.05, 0.1) is 24.8 Å². The summed E-state index contributed by atoms with van der Waals surface area (Å²) in [4.78, 5) is 30.5. The van der Waals surface area contributed by atoms with Gasteiger partial charge >= 0.3 is 0 Å². The minimum atomic E-state index is -4.34. The summed E-state index contributed by atoms with van der Waals surface area (Å²) in [6, 6.07) is 26.9. The summed E-state index contributed by atoms with van der Waals surface area (Å²) in [6.45, 7) is 1.31. The summed E-state index contributed by atoms with van der Waals surface area (Å²) < 4.78 is 40.8. The fourth-order valence-corrected chi connectivity index (χ4v) is 7.88. The lowest BCUT2D eigenvalue weighted by Crippen LogP contribution is -2.55. The molecule has 2 amide bonds. The summed E-state index contributed by atoms with van der Waals surface area (Å²) in [5.41, 5.74) is 2.71. The number of nitrogens with zero attached hydrogens (tertiary/aromatic N) is 2. The van der Waals surface area contributed by atoms with Gasteiger partial charge in [0, 0.05) is 30.1 Å². The number of methoxy groups -OCH3 is 2. The van der Waals surface area contributed by atoms with Crippen LogP contribution >= 0.6 is 11.6 Å². The minimum Gasteiger partial charge on any atom is -0.493 e. The Hall–Kier alpha value is -4.54. The maximum Gasteiger partial charge on any atom is 0.264 e. The maximum atomic E-state index is 14.8. The van der Waals surface area contributed by atoms with E-state index in [1.807, 2.05) is 43.3 Å². The van der Waals surface area contributed by atoms with E-state index in [0.29, 0.717) is 22.0 Å². The number of nitrogens with one attached hydrogen (secondary N) is 1. The van der Waals surface area contributed by atoms with E-state index in [9.17, 15) is 18.0 Å². The van der Waals surface area contributed by atoms with Crippen molar-refractivity contribution in [3.63, 3.8) is 0 Å². The molecule has 4 aromatic rings. The van der Waals surface area contributed by atoms with Crippen LogP contribution in [0.4, 0.5) is 5.69 Å². The Labute approximate surface area is 300 Å². The fraction of sp³-hybridized carbons (Fsp3) is 0.333. The summed E-state index contributed by atoms with van der Waals surface area (Å²) in [6.07, 6.45) is 5.13. The lowest BCUT2D eigenvalue weighted by Gasteiger charge is -2.35. The van der Waals surface area contributed by atoms with E-state index < -0.39 is 28.5 Å². The van der Waals surface area contributed by atoms with Crippen LogP contribution in [0.5, 0.6) is 11.5 Å². The third-order valence-corrected chi connectivity index (χ3v) is 11.2. The van der Waals surface area contributed by atoms with Crippen LogP contribution in [0, 0.1) is 6.92 Å². The summed E-state index contributed by atoms with van der Waals surface area (Å²) in [5, 5.41) is 3.66. The lowest BCUT2D eigenvalue weighted by atomic mass is 9.94. The summed E-state index contributed by atoms with van der Waals surface area (Å²) in [7, 11) is -1.45. The van der Waals surface area contributed by atoms with Gasteiger partial charge in [-0.25, -0.2) is 8.42 Å². The highest BCUT2D eigenvalue weighted by molar-refractivity contribution is 7.92. The molecular formula is C39H44ClN3O6S. The zero-order chi connectivity index (χ0) is 35.7. The number of amides is 2. The van der Waals surface area contributed by atoms with E-state index in [1.54, 1.807) is 42.5 Å². The van der Waals surface area contributed by atoms with Crippen molar-refractivity contribution in [2.45, 2.75) is 69.0 Å². The number of hydrogen-bond donors (Lipinski definition) is 1. The average molecular weight is 718 g/mol. The number of rotatable bonds is 14. The molecule has 264 valence electrons. The van der Waals surface area contributed by atoms with Gasteiger partial charge in [-0.3, -0.25) is 13.9 Å². The van der Waals surface area contributed by atoms with Gasteiger partial charge in [0.25, 0.3) is 10.0 Å². The van der Waals surface area contributed by atoms with E-state index >= 15 is 0 Å². The molecule has 0 saturated heterocycles. The van der Waals surface area contributed by atoms with Gasteiger partial charge < -0.3 is 19.7 Å². The molecule has 0 radical (unpaired) electrons. The molecule has 1 aliphatic rings. The Kier molecular flexibility index (Phi) is 12.4. The van der Waals surface area contributed by atoms with Gasteiger partial charge in [0.1, 0.15) is 12.6 Å². The van der Waals surface area contributed by atoms with Crippen LogP contribution in [-0.4, -0.2) is 58.0 Å². The van der Waals surface area contributed by atoms with Crippen LogP contribution in [0.15, 0.2) is 102 Å². The molecule has 1 saturated carbocycles. The standard InChI is InChI=1S/C39H44ClN3O6S/c1-28-18-20-32(21-19-28)43(50(46,47)33-22-23-36(48-2)37(25-33)49-3)27-38(44)42(26-30-14-10-11-17-34(30)40)35(24-29-12-6-4-7-13-29)39(45)41-31-15-8-5-9-16-31/h4,6-7,10-14,17-23,25,31,35H,5,8-9,15-16,24,26-27H2,1-3H3,(H,41,45). The molecule has 0 aliphatic heterocycles. The van der Waals surface area contributed by atoms with Gasteiger partial charge in [0.15, 0.2) is 11.5 Å². The number of anilines is 1. The van der Waals surface area contributed by atoms with Gasteiger partial charge in [-0.1, -0.05) is 97.1 Å². The van der Waals surface area contributed by atoms with Crippen LogP contribution in [0.2, 0.25) is 5.02 Å². The monoisotopic (exact) mass is 717 g/mol. The van der Waals surface area contributed by atoms with Crippen LogP contribution in [0.1, 0.15) is 48.8 Å². The molecule has 1 fully saturated rings. The Balaban J connectivity index is 1.58. The van der Waals surface area contributed by atoms with Crippen molar-refractivity contribution in [2.75, 3.05) is 25.1 Å². The van der Waals surface area contributed by atoms with Crippen molar-refractivity contribution in [3.8, 4) is 11.5 Å². The summed E-state index contributed by atoms with van der Waals surface area (Å²) in [5.74, 6) is -0.255. The molecule has 4 aromatic carbocycles. The van der Waals surface area contributed by atoms with E-state index in [0.717, 1.165) is 47.5 Å². The highest BCUT2D eigenvalue weighted by atomic mass is 35.5. The molecule has 0 bridgehead atoms.